The van der Waals surface area contributed by atoms with Crippen LogP contribution in [0, 0.1) is 0 Å². The molecule has 0 amide bonds. The third kappa shape index (κ3) is 5.90. The van der Waals surface area contributed by atoms with E-state index in [4.69, 9.17) is 4.42 Å². The number of anilines is 3. The number of fused-ring (bicyclic) bond motifs is 4. The molecular weight excluding hydrogens is 655 g/mol. The number of rotatable bonds is 7. The first-order valence-corrected chi connectivity index (χ1v) is 18.4. The summed E-state index contributed by atoms with van der Waals surface area (Å²) < 4.78 is 6.15. The minimum atomic E-state index is 0.901. The number of hydrogen-bond donors (Lipinski definition) is 0. The highest BCUT2D eigenvalue weighted by Crippen LogP contribution is 2.40. The predicted octanol–water partition coefficient (Wildman–Crippen LogP) is 14.9. The molecule has 10 rings (SSSR count). The Bertz CT molecular complexity index is 2920. The summed E-state index contributed by atoms with van der Waals surface area (Å²) in [5.41, 5.74) is 14.5. The average Bonchev–Trinajstić information content (AvgIpc) is 3.63. The molecule has 9 aromatic carbocycles. The highest BCUT2D eigenvalue weighted by Gasteiger charge is 2.16. The maximum Gasteiger partial charge on any atom is 0.135 e. The molecule has 0 N–H and O–H groups in total. The fraction of sp³-hybridized carbons (Fsp3) is 0. The first-order chi connectivity index (χ1) is 26.7. The standard InChI is InChI=1S/C52H35NO/c1-2-10-36(11-3-1)38-20-22-39(23-21-38)40-26-29-46(30-27-40)53(47-16-8-14-42(33-47)44-25-24-37-12-4-5-13-41(37)32-44)48-17-9-15-43(34-48)45-28-31-52-50(35-45)49-18-6-7-19-51(49)54-52/h1-35H. The van der Waals surface area contributed by atoms with Gasteiger partial charge in [0.15, 0.2) is 0 Å². The van der Waals surface area contributed by atoms with Crippen LogP contribution in [0.3, 0.4) is 0 Å². The van der Waals surface area contributed by atoms with E-state index in [9.17, 15) is 0 Å². The van der Waals surface area contributed by atoms with Crippen LogP contribution >= 0.6 is 0 Å². The van der Waals surface area contributed by atoms with Gasteiger partial charge in [-0.15, -0.1) is 0 Å². The second kappa shape index (κ2) is 13.4. The summed E-state index contributed by atoms with van der Waals surface area (Å²) in [5, 5.41) is 4.74. The molecule has 1 aromatic heterocycles. The molecule has 0 saturated carbocycles. The molecule has 0 unspecified atom stereocenters. The molecule has 10 aromatic rings. The van der Waals surface area contributed by atoms with Gasteiger partial charge in [0.05, 0.1) is 0 Å². The van der Waals surface area contributed by atoms with Crippen molar-refractivity contribution in [3.05, 3.63) is 212 Å². The summed E-state index contributed by atoms with van der Waals surface area (Å²) in [6.07, 6.45) is 0. The molecule has 0 radical (unpaired) electrons. The third-order valence-electron chi connectivity index (χ3n) is 10.5. The van der Waals surface area contributed by atoms with Crippen molar-refractivity contribution in [1.82, 2.24) is 0 Å². The van der Waals surface area contributed by atoms with Crippen molar-refractivity contribution in [1.29, 1.82) is 0 Å². The Morgan fingerprint density at radius 3 is 1.44 bits per heavy atom. The molecule has 0 aliphatic heterocycles. The molecule has 0 fully saturated rings. The SMILES string of the molecule is c1ccc(-c2ccc(-c3ccc(N(c4cccc(-c5ccc6ccccc6c5)c4)c4cccc(-c5ccc6oc7ccccc7c6c5)c4)cc3)cc2)cc1. The highest BCUT2D eigenvalue weighted by molar-refractivity contribution is 6.06. The van der Waals surface area contributed by atoms with Crippen LogP contribution in [0.25, 0.3) is 77.2 Å². The van der Waals surface area contributed by atoms with E-state index in [0.717, 1.165) is 50.1 Å². The zero-order valence-electron chi connectivity index (χ0n) is 29.6. The van der Waals surface area contributed by atoms with E-state index in [2.05, 4.69) is 205 Å². The molecular formula is C52H35NO. The molecule has 0 saturated heterocycles. The number of hydrogen-bond acceptors (Lipinski definition) is 2. The Morgan fingerprint density at radius 2 is 0.741 bits per heavy atom. The lowest BCUT2D eigenvalue weighted by atomic mass is 9.99. The van der Waals surface area contributed by atoms with Crippen molar-refractivity contribution >= 4 is 49.8 Å². The first kappa shape index (κ1) is 31.6. The predicted molar refractivity (Wildman–Crippen MR) is 228 cm³/mol. The maximum atomic E-state index is 6.15. The number of furan rings is 1. The second-order valence-electron chi connectivity index (χ2n) is 13.8. The van der Waals surface area contributed by atoms with Crippen LogP contribution in [0.1, 0.15) is 0 Å². The van der Waals surface area contributed by atoms with Gasteiger partial charge in [-0.05, 0) is 116 Å². The molecule has 2 heteroatoms. The minimum Gasteiger partial charge on any atom is -0.456 e. The minimum absolute atomic E-state index is 0.901. The van der Waals surface area contributed by atoms with Gasteiger partial charge >= 0.3 is 0 Å². The molecule has 0 bridgehead atoms. The Balaban J connectivity index is 1.06. The van der Waals surface area contributed by atoms with E-state index in [0.29, 0.717) is 0 Å². The number of benzene rings is 9. The summed E-state index contributed by atoms with van der Waals surface area (Å²) >= 11 is 0. The van der Waals surface area contributed by atoms with Gasteiger partial charge in [-0.2, -0.15) is 0 Å². The molecule has 1 heterocycles. The lowest BCUT2D eigenvalue weighted by Gasteiger charge is -2.27. The zero-order valence-corrected chi connectivity index (χ0v) is 29.6. The van der Waals surface area contributed by atoms with Gasteiger partial charge < -0.3 is 9.32 Å². The van der Waals surface area contributed by atoms with Crippen molar-refractivity contribution in [3.8, 4) is 44.5 Å². The van der Waals surface area contributed by atoms with Gasteiger partial charge in [0.25, 0.3) is 0 Å². The van der Waals surface area contributed by atoms with Gasteiger partial charge in [-0.3, -0.25) is 0 Å². The van der Waals surface area contributed by atoms with Crippen LogP contribution in [0.15, 0.2) is 217 Å². The third-order valence-corrected chi connectivity index (χ3v) is 10.5. The van der Waals surface area contributed by atoms with Crippen LogP contribution in [-0.2, 0) is 0 Å². The van der Waals surface area contributed by atoms with E-state index in [-0.39, 0.29) is 0 Å². The molecule has 254 valence electrons. The fourth-order valence-corrected chi connectivity index (χ4v) is 7.66. The molecule has 0 aliphatic rings. The van der Waals surface area contributed by atoms with Crippen LogP contribution in [-0.4, -0.2) is 0 Å². The summed E-state index contributed by atoms with van der Waals surface area (Å²) in [7, 11) is 0. The summed E-state index contributed by atoms with van der Waals surface area (Å²) in [6, 6.07) is 76.0. The van der Waals surface area contributed by atoms with Gasteiger partial charge in [0.2, 0.25) is 0 Å². The largest absolute Gasteiger partial charge is 0.456 e. The van der Waals surface area contributed by atoms with Crippen molar-refractivity contribution in [2.24, 2.45) is 0 Å². The van der Waals surface area contributed by atoms with Crippen molar-refractivity contribution in [3.63, 3.8) is 0 Å². The lowest BCUT2D eigenvalue weighted by molar-refractivity contribution is 0.669. The van der Waals surface area contributed by atoms with Crippen LogP contribution < -0.4 is 4.90 Å². The number of nitrogens with zero attached hydrogens (tertiary/aromatic N) is 1. The molecule has 0 atom stereocenters. The van der Waals surface area contributed by atoms with Gasteiger partial charge in [0.1, 0.15) is 11.2 Å². The van der Waals surface area contributed by atoms with Gasteiger partial charge in [-0.1, -0.05) is 152 Å². The van der Waals surface area contributed by atoms with E-state index in [1.165, 1.54) is 44.2 Å². The Hall–Kier alpha value is -7.16. The van der Waals surface area contributed by atoms with E-state index in [1.54, 1.807) is 0 Å². The van der Waals surface area contributed by atoms with Gasteiger partial charge in [-0.25, -0.2) is 0 Å². The van der Waals surface area contributed by atoms with Crippen LogP contribution in [0.4, 0.5) is 17.1 Å². The first-order valence-electron chi connectivity index (χ1n) is 18.4. The Kier molecular flexibility index (Phi) is 7.85. The topological polar surface area (TPSA) is 16.4 Å². The van der Waals surface area contributed by atoms with E-state index >= 15 is 0 Å². The Labute approximate surface area is 314 Å². The van der Waals surface area contributed by atoms with Crippen molar-refractivity contribution in [2.75, 3.05) is 4.90 Å². The molecule has 0 spiro atoms. The zero-order chi connectivity index (χ0) is 35.8. The monoisotopic (exact) mass is 689 g/mol. The average molecular weight is 690 g/mol. The molecule has 0 aliphatic carbocycles. The quantitative estimate of drug-likeness (QED) is 0.166. The lowest BCUT2D eigenvalue weighted by Crippen LogP contribution is -2.10. The van der Waals surface area contributed by atoms with E-state index < -0.39 is 0 Å². The number of para-hydroxylation sites is 1. The van der Waals surface area contributed by atoms with Crippen LogP contribution in [0.5, 0.6) is 0 Å². The maximum absolute atomic E-state index is 6.15. The molecule has 54 heavy (non-hydrogen) atoms. The smallest absolute Gasteiger partial charge is 0.135 e. The second-order valence-corrected chi connectivity index (χ2v) is 13.8. The van der Waals surface area contributed by atoms with E-state index in [1.807, 2.05) is 12.1 Å². The summed E-state index contributed by atoms with van der Waals surface area (Å²) in [5.74, 6) is 0. The van der Waals surface area contributed by atoms with Crippen molar-refractivity contribution in [2.45, 2.75) is 0 Å². The molecule has 2 nitrogen and oxygen atoms in total. The fourth-order valence-electron chi connectivity index (χ4n) is 7.66. The van der Waals surface area contributed by atoms with Crippen molar-refractivity contribution < 1.29 is 4.42 Å². The summed E-state index contributed by atoms with van der Waals surface area (Å²) in [4.78, 5) is 2.36. The Morgan fingerprint density at radius 1 is 0.259 bits per heavy atom. The summed E-state index contributed by atoms with van der Waals surface area (Å²) in [6.45, 7) is 0. The van der Waals surface area contributed by atoms with Crippen LogP contribution in [0.2, 0.25) is 0 Å². The highest BCUT2D eigenvalue weighted by atomic mass is 16.3. The normalized spacial score (nSPS) is 11.3. The van der Waals surface area contributed by atoms with Gasteiger partial charge in [0, 0.05) is 27.8 Å².